The van der Waals surface area contributed by atoms with E-state index < -0.39 is 0 Å². The van der Waals surface area contributed by atoms with E-state index in [1.165, 1.54) is 22.3 Å². The Hall–Kier alpha value is -2.65. The van der Waals surface area contributed by atoms with E-state index in [9.17, 15) is 0 Å². The minimum absolute atomic E-state index is 0.0241. The third-order valence-corrected chi connectivity index (χ3v) is 5.53. The van der Waals surface area contributed by atoms with Crippen LogP contribution in [0.3, 0.4) is 0 Å². The summed E-state index contributed by atoms with van der Waals surface area (Å²) in [6.45, 7) is 14.9. The molecule has 164 valence electrons. The number of nitrogens with zero attached hydrogens (tertiary/aromatic N) is 1. The van der Waals surface area contributed by atoms with Crippen molar-refractivity contribution in [2.45, 2.75) is 58.9 Å². The van der Waals surface area contributed by atoms with E-state index in [-0.39, 0.29) is 17.4 Å². The van der Waals surface area contributed by atoms with Gasteiger partial charge < -0.3 is 9.84 Å². The standard InChI is InChI=1S/C28H36NO2/c1-27(2,3)24-17-21(18-25(19-24)28(4,5)6)20-29-13-11-23(12-14-29)22-7-9-26(10-8-22)31-16-15-30/h7-14,17-19,30H,15-16,20H2,1-6H3/q+1. The number of aliphatic hydroxyl groups is 1. The summed E-state index contributed by atoms with van der Waals surface area (Å²) in [6, 6.07) is 19.4. The van der Waals surface area contributed by atoms with Crippen LogP contribution in [0, 0.1) is 0 Å². The minimum atomic E-state index is 0.0241. The summed E-state index contributed by atoms with van der Waals surface area (Å²) in [4.78, 5) is 0. The Kier molecular flexibility index (Phi) is 6.86. The summed E-state index contributed by atoms with van der Waals surface area (Å²) in [5.41, 5.74) is 6.67. The Morgan fingerprint density at radius 3 is 1.74 bits per heavy atom. The van der Waals surface area contributed by atoms with Gasteiger partial charge in [-0.1, -0.05) is 59.7 Å². The number of aliphatic hydroxyl groups excluding tert-OH is 1. The molecule has 0 saturated heterocycles. The summed E-state index contributed by atoms with van der Waals surface area (Å²) in [5.74, 6) is 0.775. The fourth-order valence-corrected chi connectivity index (χ4v) is 3.52. The zero-order valence-corrected chi connectivity index (χ0v) is 19.8. The molecule has 0 radical (unpaired) electrons. The second kappa shape index (κ2) is 9.23. The van der Waals surface area contributed by atoms with Gasteiger partial charge in [0.1, 0.15) is 12.4 Å². The molecule has 3 heteroatoms. The number of aromatic nitrogens is 1. The molecule has 0 aliphatic heterocycles. The first-order valence-electron chi connectivity index (χ1n) is 11.0. The maximum Gasteiger partial charge on any atom is 0.173 e. The molecule has 0 spiro atoms. The molecule has 3 aromatic rings. The summed E-state index contributed by atoms with van der Waals surface area (Å²) < 4.78 is 7.68. The normalized spacial score (nSPS) is 12.1. The van der Waals surface area contributed by atoms with Crippen LogP contribution in [-0.4, -0.2) is 18.3 Å². The van der Waals surface area contributed by atoms with Crippen molar-refractivity contribution in [3.05, 3.63) is 83.7 Å². The zero-order valence-electron chi connectivity index (χ0n) is 19.8. The van der Waals surface area contributed by atoms with Gasteiger partial charge in [0.2, 0.25) is 0 Å². The number of rotatable bonds is 6. The van der Waals surface area contributed by atoms with Gasteiger partial charge in [0.05, 0.1) is 6.61 Å². The molecular formula is C28H36NO2+. The Morgan fingerprint density at radius 1 is 0.742 bits per heavy atom. The second-order valence-corrected chi connectivity index (χ2v) is 10.3. The molecule has 31 heavy (non-hydrogen) atoms. The highest BCUT2D eigenvalue weighted by atomic mass is 16.5. The van der Waals surface area contributed by atoms with Crippen molar-refractivity contribution in [1.82, 2.24) is 0 Å². The monoisotopic (exact) mass is 418 g/mol. The Labute approximate surface area is 187 Å². The van der Waals surface area contributed by atoms with Gasteiger partial charge in [-0.2, -0.15) is 0 Å². The van der Waals surface area contributed by atoms with Crippen molar-refractivity contribution < 1.29 is 14.4 Å². The maximum atomic E-state index is 8.87. The van der Waals surface area contributed by atoms with E-state index in [4.69, 9.17) is 9.84 Å². The zero-order chi connectivity index (χ0) is 22.6. The van der Waals surface area contributed by atoms with Crippen LogP contribution in [0.25, 0.3) is 11.1 Å². The Bertz CT molecular complexity index is 959. The lowest BCUT2D eigenvalue weighted by molar-refractivity contribution is -0.688. The molecule has 1 aromatic heterocycles. The van der Waals surface area contributed by atoms with E-state index in [0.717, 1.165) is 17.9 Å². The van der Waals surface area contributed by atoms with Crippen molar-refractivity contribution in [2.24, 2.45) is 0 Å². The molecule has 0 bridgehead atoms. The fourth-order valence-electron chi connectivity index (χ4n) is 3.52. The van der Waals surface area contributed by atoms with Crippen LogP contribution in [0.5, 0.6) is 5.75 Å². The van der Waals surface area contributed by atoms with Crippen molar-refractivity contribution in [3.63, 3.8) is 0 Å². The average Bonchev–Trinajstić information content (AvgIpc) is 2.72. The lowest BCUT2D eigenvalue weighted by atomic mass is 9.79. The number of benzene rings is 2. The molecule has 0 saturated carbocycles. The van der Waals surface area contributed by atoms with E-state index in [0.29, 0.717) is 6.61 Å². The predicted molar refractivity (Wildman–Crippen MR) is 128 cm³/mol. The van der Waals surface area contributed by atoms with Crippen LogP contribution in [0.1, 0.15) is 58.2 Å². The molecule has 3 rings (SSSR count). The largest absolute Gasteiger partial charge is 0.491 e. The van der Waals surface area contributed by atoms with Gasteiger partial charge in [-0.25, -0.2) is 4.57 Å². The summed E-state index contributed by atoms with van der Waals surface area (Å²) in [5, 5.41) is 8.87. The van der Waals surface area contributed by atoms with Crippen LogP contribution in [0.4, 0.5) is 0 Å². The van der Waals surface area contributed by atoms with Crippen molar-refractivity contribution in [3.8, 4) is 16.9 Å². The first-order chi connectivity index (χ1) is 14.6. The van der Waals surface area contributed by atoms with Crippen LogP contribution in [-0.2, 0) is 17.4 Å². The molecule has 0 aliphatic rings. The van der Waals surface area contributed by atoms with Crippen molar-refractivity contribution in [2.75, 3.05) is 13.2 Å². The van der Waals surface area contributed by atoms with E-state index in [2.05, 4.69) is 101 Å². The smallest absolute Gasteiger partial charge is 0.173 e. The minimum Gasteiger partial charge on any atom is -0.491 e. The molecule has 1 heterocycles. The number of hydrogen-bond donors (Lipinski definition) is 1. The van der Waals surface area contributed by atoms with Gasteiger partial charge in [-0.15, -0.1) is 0 Å². The van der Waals surface area contributed by atoms with Crippen LogP contribution >= 0.6 is 0 Å². The molecule has 1 N–H and O–H groups in total. The number of ether oxygens (including phenoxy) is 1. The predicted octanol–water partition coefficient (Wildman–Crippen LogP) is 5.66. The quantitative estimate of drug-likeness (QED) is 0.524. The van der Waals surface area contributed by atoms with E-state index in [1.807, 2.05) is 12.1 Å². The molecular weight excluding hydrogens is 382 g/mol. The lowest BCUT2D eigenvalue weighted by Gasteiger charge is -2.25. The molecule has 0 fully saturated rings. The highest BCUT2D eigenvalue weighted by Crippen LogP contribution is 2.30. The third-order valence-electron chi connectivity index (χ3n) is 5.53. The molecule has 0 aliphatic carbocycles. The fraction of sp³-hybridized carbons (Fsp3) is 0.393. The van der Waals surface area contributed by atoms with Crippen molar-refractivity contribution >= 4 is 0 Å². The highest BCUT2D eigenvalue weighted by molar-refractivity contribution is 5.63. The molecule has 0 unspecified atom stereocenters. The van der Waals surface area contributed by atoms with Gasteiger partial charge in [-0.3, -0.25) is 0 Å². The van der Waals surface area contributed by atoms with Crippen molar-refractivity contribution in [1.29, 1.82) is 0 Å². The summed E-state index contributed by atoms with van der Waals surface area (Å²) in [7, 11) is 0. The number of hydrogen-bond acceptors (Lipinski definition) is 2. The lowest BCUT2D eigenvalue weighted by Crippen LogP contribution is -2.33. The second-order valence-electron chi connectivity index (χ2n) is 10.3. The summed E-state index contributed by atoms with van der Waals surface area (Å²) in [6.07, 6.45) is 4.29. The van der Waals surface area contributed by atoms with Gasteiger partial charge in [0, 0.05) is 17.7 Å². The Morgan fingerprint density at radius 2 is 1.26 bits per heavy atom. The third kappa shape index (κ3) is 6.18. The highest BCUT2D eigenvalue weighted by Gasteiger charge is 2.21. The molecule has 3 nitrogen and oxygen atoms in total. The number of pyridine rings is 1. The molecule has 0 amide bonds. The Balaban J connectivity index is 1.81. The first-order valence-corrected chi connectivity index (χ1v) is 11.0. The van der Waals surface area contributed by atoms with Gasteiger partial charge >= 0.3 is 0 Å². The van der Waals surface area contributed by atoms with E-state index in [1.54, 1.807) is 0 Å². The molecule has 0 atom stereocenters. The summed E-state index contributed by atoms with van der Waals surface area (Å²) >= 11 is 0. The first kappa shape index (κ1) is 23.0. The van der Waals surface area contributed by atoms with Gasteiger partial charge in [0.15, 0.2) is 18.9 Å². The SMILES string of the molecule is CC(C)(C)c1cc(C[n+]2ccc(-c3ccc(OCCO)cc3)cc2)cc(C(C)(C)C)c1. The van der Waals surface area contributed by atoms with Gasteiger partial charge in [-0.05, 0) is 57.3 Å². The van der Waals surface area contributed by atoms with Crippen LogP contribution in [0.2, 0.25) is 0 Å². The van der Waals surface area contributed by atoms with Crippen LogP contribution in [0.15, 0.2) is 67.0 Å². The van der Waals surface area contributed by atoms with E-state index >= 15 is 0 Å². The van der Waals surface area contributed by atoms with Gasteiger partial charge in [0.25, 0.3) is 0 Å². The molecule has 2 aromatic carbocycles. The van der Waals surface area contributed by atoms with Crippen LogP contribution < -0.4 is 9.30 Å². The topological polar surface area (TPSA) is 33.3 Å². The maximum absolute atomic E-state index is 8.87. The average molecular weight is 419 g/mol.